The maximum atomic E-state index is 13.2. The van der Waals surface area contributed by atoms with Gasteiger partial charge in [-0.3, -0.25) is 9.69 Å². The predicted molar refractivity (Wildman–Crippen MR) is 162 cm³/mol. The van der Waals surface area contributed by atoms with Crippen molar-refractivity contribution in [2.75, 3.05) is 58.2 Å². The number of aryl methyl sites for hydroxylation is 1. The molecule has 1 aromatic heterocycles. The number of halogens is 1. The number of aromatic nitrogens is 1. The summed E-state index contributed by atoms with van der Waals surface area (Å²) >= 11 is 9.72. The lowest BCUT2D eigenvalue weighted by molar-refractivity contribution is 0.102. The zero-order valence-electron chi connectivity index (χ0n) is 22.9. The first-order chi connectivity index (χ1) is 17.8. The molecular weight excluding hydrogens is 524 g/mol. The number of thioether (sulfide) groups is 1. The third kappa shape index (κ3) is 9.30. The predicted octanol–water partition coefficient (Wildman–Crippen LogP) is 6.79. The summed E-state index contributed by atoms with van der Waals surface area (Å²) in [5.74, 6) is 0.595. The Balaban J connectivity index is 0.000000898. The van der Waals surface area contributed by atoms with Gasteiger partial charge in [-0.15, -0.1) is 11.3 Å². The van der Waals surface area contributed by atoms with Gasteiger partial charge in [0.25, 0.3) is 5.91 Å². The van der Waals surface area contributed by atoms with Gasteiger partial charge in [-0.25, -0.2) is 4.98 Å². The molecular formula is C28H39ClN4O2S2. The van der Waals surface area contributed by atoms with Crippen LogP contribution in [0.4, 0.5) is 5.69 Å². The van der Waals surface area contributed by atoms with E-state index in [0.29, 0.717) is 22.8 Å². The Kier molecular flexibility index (Phi) is 13.5. The molecule has 1 amide bonds. The second-order valence-corrected chi connectivity index (χ2v) is 10.7. The highest BCUT2D eigenvalue weighted by Gasteiger charge is 2.19. The number of thiazole rings is 1. The largest absolute Gasteiger partial charge is 0.497 e. The Hall–Kier alpha value is -2.10. The number of nitrogens with one attached hydrogen (secondary N) is 1. The van der Waals surface area contributed by atoms with Crippen molar-refractivity contribution in [3.63, 3.8) is 0 Å². The van der Waals surface area contributed by atoms with Crippen LogP contribution in [0.2, 0.25) is 5.02 Å². The highest BCUT2D eigenvalue weighted by atomic mass is 35.5. The number of piperazine rings is 1. The van der Waals surface area contributed by atoms with Gasteiger partial charge in [0.2, 0.25) is 0 Å². The zero-order valence-corrected chi connectivity index (χ0v) is 25.3. The summed E-state index contributed by atoms with van der Waals surface area (Å²) in [5.41, 5.74) is 3.90. The van der Waals surface area contributed by atoms with E-state index >= 15 is 0 Å². The Morgan fingerprint density at radius 2 is 1.81 bits per heavy atom. The van der Waals surface area contributed by atoms with Crippen LogP contribution in [0.5, 0.6) is 5.75 Å². The molecule has 2 aromatic carbocycles. The SMILES string of the molecule is CC.COc1ccc(C(=O)Nc2ccc(Cl)c(-c3csc(C)n3)c2)c(CN2CCN(C)CC2)c1.CSC. The number of hydrogen-bond donors (Lipinski definition) is 1. The van der Waals surface area contributed by atoms with Crippen molar-refractivity contribution in [2.24, 2.45) is 0 Å². The van der Waals surface area contributed by atoms with Crippen molar-refractivity contribution in [1.29, 1.82) is 0 Å². The van der Waals surface area contributed by atoms with E-state index in [1.54, 1.807) is 36.3 Å². The topological polar surface area (TPSA) is 57.7 Å². The molecule has 0 atom stereocenters. The quantitative estimate of drug-likeness (QED) is 0.357. The van der Waals surface area contributed by atoms with Crippen molar-refractivity contribution in [3.8, 4) is 17.0 Å². The van der Waals surface area contributed by atoms with Gasteiger partial charge in [-0.1, -0.05) is 25.4 Å². The second kappa shape index (κ2) is 16.0. The van der Waals surface area contributed by atoms with E-state index in [1.807, 2.05) is 69.0 Å². The molecule has 0 saturated carbocycles. The van der Waals surface area contributed by atoms with Gasteiger partial charge in [0.05, 0.1) is 22.8 Å². The van der Waals surface area contributed by atoms with E-state index < -0.39 is 0 Å². The van der Waals surface area contributed by atoms with Crippen molar-refractivity contribution < 1.29 is 9.53 Å². The molecule has 1 aliphatic rings. The minimum absolute atomic E-state index is 0.153. The maximum absolute atomic E-state index is 13.2. The Bertz CT molecular complexity index is 1130. The van der Waals surface area contributed by atoms with Crippen LogP contribution >= 0.6 is 34.7 Å². The minimum Gasteiger partial charge on any atom is -0.497 e. The monoisotopic (exact) mass is 562 g/mol. The fourth-order valence-corrected chi connectivity index (χ4v) is 4.61. The second-order valence-electron chi connectivity index (χ2n) is 8.41. The number of carbonyl (C=O) groups is 1. The molecule has 1 saturated heterocycles. The van der Waals surface area contributed by atoms with Crippen molar-refractivity contribution >= 4 is 46.3 Å². The van der Waals surface area contributed by atoms with Crippen LogP contribution in [-0.2, 0) is 6.54 Å². The van der Waals surface area contributed by atoms with Crippen LogP contribution in [0.1, 0.15) is 34.8 Å². The van der Waals surface area contributed by atoms with E-state index in [0.717, 1.165) is 53.8 Å². The molecule has 2 heterocycles. The number of ether oxygens (including phenoxy) is 1. The van der Waals surface area contributed by atoms with Gasteiger partial charge in [0, 0.05) is 54.9 Å². The van der Waals surface area contributed by atoms with E-state index in [9.17, 15) is 4.79 Å². The van der Waals surface area contributed by atoms with Gasteiger partial charge in [-0.05, 0) is 68.4 Å². The summed E-state index contributed by atoms with van der Waals surface area (Å²) < 4.78 is 5.41. The van der Waals surface area contributed by atoms with Gasteiger partial charge < -0.3 is 15.0 Å². The van der Waals surface area contributed by atoms with Crippen molar-refractivity contribution in [3.05, 3.63) is 62.9 Å². The van der Waals surface area contributed by atoms with Crippen LogP contribution in [0.3, 0.4) is 0 Å². The molecule has 3 aromatic rings. The molecule has 9 heteroatoms. The van der Waals surface area contributed by atoms with Gasteiger partial charge in [-0.2, -0.15) is 11.8 Å². The lowest BCUT2D eigenvalue weighted by Crippen LogP contribution is -2.44. The zero-order chi connectivity index (χ0) is 27.4. The molecule has 0 bridgehead atoms. The number of nitrogens with zero attached hydrogens (tertiary/aromatic N) is 3. The lowest BCUT2D eigenvalue weighted by atomic mass is 10.0. The maximum Gasteiger partial charge on any atom is 0.255 e. The van der Waals surface area contributed by atoms with E-state index in [1.165, 1.54) is 0 Å². The van der Waals surface area contributed by atoms with Crippen molar-refractivity contribution in [2.45, 2.75) is 27.3 Å². The number of benzene rings is 2. The van der Waals surface area contributed by atoms with E-state index in [4.69, 9.17) is 16.3 Å². The Morgan fingerprint density at radius 3 is 2.41 bits per heavy atom. The van der Waals surface area contributed by atoms with Crippen molar-refractivity contribution in [1.82, 2.24) is 14.8 Å². The van der Waals surface area contributed by atoms with E-state index in [2.05, 4.69) is 27.1 Å². The van der Waals surface area contributed by atoms with Gasteiger partial charge in [0.1, 0.15) is 5.75 Å². The number of amides is 1. The molecule has 0 spiro atoms. The molecule has 1 aliphatic heterocycles. The molecule has 1 N–H and O–H groups in total. The third-order valence-electron chi connectivity index (χ3n) is 5.67. The molecule has 0 aliphatic carbocycles. The molecule has 37 heavy (non-hydrogen) atoms. The summed E-state index contributed by atoms with van der Waals surface area (Å²) in [6.07, 6.45) is 4.08. The summed E-state index contributed by atoms with van der Waals surface area (Å²) in [5, 5.41) is 6.58. The fraction of sp³-hybridized carbons (Fsp3) is 0.429. The summed E-state index contributed by atoms with van der Waals surface area (Å²) in [4.78, 5) is 22.5. The highest BCUT2D eigenvalue weighted by Crippen LogP contribution is 2.31. The van der Waals surface area contributed by atoms with Crippen LogP contribution in [-0.4, -0.2) is 73.5 Å². The van der Waals surface area contributed by atoms with Crippen LogP contribution in [0, 0.1) is 6.92 Å². The normalized spacial score (nSPS) is 13.6. The average molecular weight is 563 g/mol. The molecule has 4 rings (SSSR count). The fourth-order valence-electron chi connectivity index (χ4n) is 3.78. The van der Waals surface area contributed by atoms with Crippen LogP contribution in [0.15, 0.2) is 41.8 Å². The Morgan fingerprint density at radius 1 is 1.14 bits per heavy atom. The molecule has 0 unspecified atom stereocenters. The standard InChI is InChI=1S/C24H27ClN4O2S.C2H6S.C2H6/c1-16-26-23(15-32-16)21-13-18(4-7-22(21)25)27-24(30)20-6-5-19(31-3)12-17(20)14-29-10-8-28(2)9-11-29;1-3-2;1-2/h4-7,12-13,15H,8-11,14H2,1-3H3,(H,27,30);1-2H3;1-2H3. The lowest BCUT2D eigenvalue weighted by Gasteiger charge is -2.32. The van der Waals surface area contributed by atoms with Crippen LogP contribution < -0.4 is 10.1 Å². The van der Waals surface area contributed by atoms with Gasteiger partial charge >= 0.3 is 0 Å². The third-order valence-corrected chi connectivity index (χ3v) is 6.77. The Labute approximate surface area is 235 Å². The first kappa shape index (κ1) is 31.1. The molecule has 202 valence electrons. The number of hydrogen-bond acceptors (Lipinski definition) is 7. The average Bonchev–Trinajstić information content (AvgIpc) is 3.34. The van der Waals surface area contributed by atoms with Gasteiger partial charge in [0.15, 0.2) is 0 Å². The summed E-state index contributed by atoms with van der Waals surface area (Å²) in [7, 11) is 3.78. The first-order valence-corrected chi connectivity index (χ1v) is 15.2. The number of likely N-dealkylation sites (N-methyl/N-ethyl adjacent to an activating group) is 1. The van der Waals surface area contributed by atoms with Crippen LogP contribution in [0.25, 0.3) is 11.3 Å². The molecule has 1 fully saturated rings. The number of methoxy groups -OCH3 is 1. The highest BCUT2D eigenvalue weighted by molar-refractivity contribution is 7.97. The molecule has 6 nitrogen and oxygen atoms in total. The smallest absolute Gasteiger partial charge is 0.255 e. The molecule has 0 radical (unpaired) electrons. The van der Waals surface area contributed by atoms with E-state index in [-0.39, 0.29) is 5.91 Å². The number of rotatable bonds is 6. The number of anilines is 1. The summed E-state index contributed by atoms with van der Waals surface area (Å²) in [6, 6.07) is 11.1. The summed E-state index contributed by atoms with van der Waals surface area (Å²) in [6.45, 7) is 10.7. The number of carbonyl (C=O) groups excluding carboxylic acids is 1. The minimum atomic E-state index is -0.153. The first-order valence-electron chi connectivity index (χ1n) is 12.4.